The van der Waals surface area contributed by atoms with E-state index in [0.717, 1.165) is 12.8 Å². The molecule has 0 radical (unpaired) electrons. The van der Waals surface area contributed by atoms with Crippen LogP contribution in [0.25, 0.3) is 0 Å². The summed E-state index contributed by atoms with van der Waals surface area (Å²) in [5.41, 5.74) is 0.934. The average molecular weight is 300 g/mol. The summed E-state index contributed by atoms with van der Waals surface area (Å²) >= 11 is 1.68. The number of aromatic nitrogens is 1. The van der Waals surface area contributed by atoms with Crippen molar-refractivity contribution in [3.05, 3.63) is 52.5 Å². The lowest BCUT2D eigenvalue weighted by molar-refractivity contribution is -0.124. The molecule has 0 saturated heterocycles. The van der Waals surface area contributed by atoms with Crippen molar-refractivity contribution < 1.29 is 4.79 Å². The number of nitrogens with one attached hydrogen (secondary N) is 1. The van der Waals surface area contributed by atoms with Crippen molar-refractivity contribution in [1.29, 1.82) is 0 Å². The van der Waals surface area contributed by atoms with Gasteiger partial charge in [0.15, 0.2) is 0 Å². The molecule has 0 spiro atoms. The second-order valence-corrected chi connectivity index (χ2v) is 7.25. The smallest absolute Gasteiger partial charge is 0.232 e. The van der Waals surface area contributed by atoms with Crippen molar-refractivity contribution in [2.75, 3.05) is 6.54 Å². The topological polar surface area (TPSA) is 42.0 Å². The largest absolute Gasteiger partial charge is 0.355 e. The van der Waals surface area contributed by atoms with Gasteiger partial charge < -0.3 is 5.32 Å². The molecule has 1 fully saturated rings. The Labute approximate surface area is 129 Å². The van der Waals surface area contributed by atoms with Gasteiger partial charge in [0.25, 0.3) is 0 Å². The van der Waals surface area contributed by atoms with Crippen LogP contribution in [0.4, 0.5) is 0 Å². The molecule has 4 heteroatoms. The lowest BCUT2D eigenvalue weighted by Crippen LogP contribution is -2.38. The van der Waals surface area contributed by atoms with Crippen LogP contribution in [-0.2, 0) is 16.6 Å². The molecule has 110 valence electrons. The van der Waals surface area contributed by atoms with Gasteiger partial charge in [-0.15, -0.1) is 11.3 Å². The van der Waals surface area contributed by atoms with Crippen molar-refractivity contribution in [1.82, 2.24) is 10.3 Å². The van der Waals surface area contributed by atoms with Gasteiger partial charge in [0.1, 0.15) is 0 Å². The van der Waals surface area contributed by atoms with Crippen LogP contribution in [0.15, 0.2) is 42.0 Å². The first-order valence-electron chi connectivity index (χ1n) is 7.27. The predicted molar refractivity (Wildman–Crippen MR) is 85.3 cm³/mol. The third-order valence-electron chi connectivity index (χ3n) is 4.52. The number of hydrogen-bond acceptors (Lipinski definition) is 3. The average Bonchev–Trinajstić information content (AvgIpc) is 2.85. The highest BCUT2D eigenvalue weighted by molar-refractivity contribution is 7.10. The molecule has 0 bridgehead atoms. The molecule has 0 unspecified atom stereocenters. The molecule has 1 amide bonds. The Hall–Kier alpha value is -1.68. The first-order valence-corrected chi connectivity index (χ1v) is 8.15. The summed E-state index contributed by atoms with van der Waals surface area (Å²) in [5.74, 6) is 0.170. The zero-order valence-corrected chi connectivity index (χ0v) is 13.2. The lowest BCUT2D eigenvalue weighted by atomic mass is 9.93. The quantitative estimate of drug-likeness (QED) is 0.921. The summed E-state index contributed by atoms with van der Waals surface area (Å²) in [4.78, 5) is 17.9. The number of rotatable bonds is 5. The molecule has 21 heavy (non-hydrogen) atoms. The van der Waals surface area contributed by atoms with E-state index in [9.17, 15) is 4.79 Å². The van der Waals surface area contributed by atoms with Gasteiger partial charge in [0.05, 0.1) is 5.41 Å². The van der Waals surface area contributed by atoms with Crippen LogP contribution in [0.1, 0.15) is 30.7 Å². The first kappa shape index (κ1) is 14.3. The minimum Gasteiger partial charge on any atom is -0.355 e. The van der Waals surface area contributed by atoms with Gasteiger partial charge in [-0.25, -0.2) is 0 Å². The van der Waals surface area contributed by atoms with Crippen molar-refractivity contribution in [3.8, 4) is 0 Å². The van der Waals surface area contributed by atoms with Crippen LogP contribution in [0, 0.1) is 5.41 Å². The van der Waals surface area contributed by atoms with Gasteiger partial charge in [-0.05, 0) is 47.4 Å². The van der Waals surface area contributed by atoms with Crippen molar-refractivity contribution >= 4 is 17.2 Å². The molecule has 1 aliphatic rings. The standard InChI is InChI=1S/C17H20N2OS/c1-16(2)12-17(16,14-4-3-11-21-14)15(20)19-10-7-13-5-8-18-9-6-13/h3-6,8-9,11H,7,10,12H2,1-2H3,(H,19,20)/t17-/m0/s1. The third-order valence-corrected chi connectivity index (χ3v) is 5.55. The molecule has 2 heterocycles. The van der Waals surface area contributed by atoms with Crippen LogP contribution in [0.5, 0.6) is 0 Å². The molecular weight excluding hydrogens is 280 g/mol. The Morgan fingerprint density at radius 2 is 2.05 bits per heavy atom. The molecule has 1 saturated carbocycles. The lowest BCUT2D eigenvalue weighted by Gasteiger charge is -2.19. The van der Waals surface area contributed by atoms with Gasteiger partial charge in [0, 0.05) is 23.8 Å². The highest BCUT2D eigenvalue weighted by Crippen LogP contribution is 2.65. The van der Waals surface area contributed by atoms with Crippen molar-refractivity contribution in [3.63, 3.8) is 0 Å². The number of hydrogen-bond donors (Lipinski definition) is 1. The van der Waals surface area contributed by atoms with E-state index in [2.05, 4.69) is 35.6 Å². The fourth-order valence-corrected chi connectivity index (χ4v) is 4.18. The summed E-state index contributed by atoms with van der Waals surface area (Å²) in [6.07, 6.45) is 5.35. The molecule has 2 aromatic heterocycles. The Balaban J connectivity index is 1.65. The molecule has 1 atom stereocenters. The Kier molecular flexibility index (Phi) is 3.57. The van der Waals surface area contributed by atoms with E-state index in [1.807, 2.05) is 18.2 Å². The number of nitrogens with zero attached hydrogens (tertiary/aromatic N) is 1. The summed E-state index contributed by atoms with van der Waals surface area (Å²) in [7, 11) is 0. The second-order valence-electron chi connectivity index (χ2n) is 6.30. The maximum absolute atomic E-state index is 12.7. The molecule has 0 aliphatic heterocycles. The highest BCUT2D eigenvalue weighted by Gasteiger charge is 2.67. The molecule has 1 N–H and O–H groups in total. The van der Waals surface area contributed by atoms with E-state index in [-0.39, 0.29) is 16.7 Å². The van der Waals surface area contributed by atoms with E-state index in [0.29, 0.717) is 6.54 Å². The molecular formula is C17H20N2OS. The second kappa shape index (κ2) is 5.26. The van der Waals surface area contributed by atoms with Gasteiger partial charge in [-0.1, -0.05) is 19.9 Å². The van der Waals surface area contributed by atoms with E-state index in [1.165, 1.54) is 10.4 Å². The Morgan fingerprint density at radius 1 is 1.33 bits per heavy atom. The number of thiophene rings is 1. The number of amides is 1. The zero-order valence-electron chi connectivity index (χ0n) is 12.4. The van der Waals surface area contributed by atoms with E-state index in [1.54, 1.807) is 23.7 Å². The molecule has 3 rings (SSSR count). The van der Waals surface area contributed by atoms with Crippen molar-refractivity contribution in [2.24, 2.45) is 5.41 Å². The fraction of sp³-hybridized carbons (Fsp3) is 0.412. The maximum Gasteiger partial charge on any atom is 0.232 e. The molecule has 3 nitrogen and oxygen atoms in total. The molecule has 2 aromatic rings. The number of carbonyl (C=O) groups excluding carboxylic acids is 1. The highest BCUT2D eigenvalue weighted by atomic mass is 32.1. The van der Waals surface area contributed by atoms with Gasteiger partial charge in [-0.3, -0.25) is 9.78 Å². The summed E-state index contributed by atoms with van der Waals surface area (Å²) in [5, 5.41) is 5.18. The van der Waals surface area contributed by atoms with Crippen LogP contribution >= 0.6 is 11.3 Å². The summed E-state index contributed by atoms with van der Waals surface area (Å²) in [6, 6.07) is 8.09. The van der Waals surface area contributed by atoms with E-state index in [4.69, 9.17) is 0 Å². The normalized spacial score (nSPS) is 22.8. The van der Waals surface area contributed by atoms with Gasteiger partial charge in [-0.2, -0.15) is 0 Å². The van der Waals surface area contributed by atoms with Crippen LogP contribution in [0.2, 0.25) is 0 Å². The summed E-state index contributed by atoms with van der Waals surface area (Å²) in [6.45, 7) is 5.02. The minimum atomic E-state index is -0.320. The molecule has 1 aliphatic carbocycles. The predicted octanol–water partition coefficient (Wildman–Crippen LogP) is 3.17. The number of pyridine rings is 1. The SMILES string of the molecule is CC1(C)C[C@@]1(C(=O)NCCc1ccncc1)c1cccs1. The van der Waals surface area contributed by atoms with Crippen LogP contribution in [-0.4, -0.2) is 17.4 Å². The zero-order chi connectivity index (χ0) is 14.9. The summed E-state index contributed by atoms with van der Waals surface area (Å²) < 4.78 is 0. The Bertz CT molecular complexity index is 622. The van der Waals surface area contributed by atoms with Crippen molar-refractivity contribution in [2.45, 2.75) is 32.1 Å². The number of carbonyl (C=O) groups is 1. The minimum absolute atomic E-state index is 0.0542. The van der Waals surface area contributed by atoms with E-state index >= 15 is 0 Å². The van der Waals surface area contributed by atoms with Gasteiger partial charge in [0.2, 0.25) is 5.91 Å². The van der Waals surface area contributed by atoms with Crippen LogP contribution < -0.4 is 5.32 Å². The third kappa shape index (κ3) is 2.48. The first-order chi connectivity index (χ1) is 10.1. The molecule has 0 aromatic carbocycles. The monoisotopic (exact) mass is 300 g/mol. The Morgan fingerprint density at radius 3 is 2.62 bits per heavy atom. The maximum atomic E-state index is 12.7. The van der Waals surface area contributed by atoms with E-state index < -0.39 is 0 Å². The van der Waals surface area contributed by atoms with Gasteiger partial charge >= 0.3 is 0 Å². The fourth-order valence-electron chi connectivity index (χ4n) is 3.08. The van der Waals surface area contributed by atoms with Crippen LogP contribution in [0.3, 0.4) is 0 Å².